The summed E-state index contributed by atoms with van der Waals surface area (Å²) in [5.41, 5.74) is 14.4. The fraction of sp³-hybridized carbons (Fsp3) is 0.0678. The summed E-state index contributed by atoms with van der Waals surface area (Å²) in [6, 6.07) is 63.6. The van der Waals surface area contributed by atoms with Crippen molar-refractivity contribution >= 4 is 39.3 Å². The van der Waals surface area contributed by atoms with Crippen LogP contribution in [0.4, 0.5) is 0 Å². The lowest BCUT2D eigenvalue weighted by molar-refractivity contribution is 0.770. The highest BCUT2D eigenvalue weighted by Crippen LogP contribution is 2.64. The van der Waals surface area contributed by atoms with Crippen LogP contribution in [0.2, 0.25) is 0 Å². The molecule has 292 valence electrons. The molecule has 0 amide bonds. The maximum absolute atomic E-state index is 5.20. The normalized spacial score (nSPS) is 17.5. The second-order valence-electron chi connectivity index (χ2n) is 16.7. The molecule has 0 N–H and O–H groups in total. The predicted molar refractivity (Wildman–Crippen MR) is 257 cm³/mol. The highest BCUT2D eigenvalue weighted by Gasteiger charge is 2.54. The third-order valence-electron chi connectivity index (χ3n) is 13.2. The van der Waals surface area contributed by atoms with Crippen LogP contribution in [0.15, 0.2) is 205 Å². The maximum Gasteiger partial charge on any atom is 0.164 e. The molecule has 1 heterocycles. The van der Waals surface area contributed by atoms with Crippen molar-refractivity contribution in [2.24, 2.45) is 5.92 Å². The van der Waals surface area contributed by atoms with Crippen LogP contribution >= 0.6 is 0 Å². The Bertz CT molecular complexity index is 3420. The van der Waals surface area contributed by atoms with E-state index in [1.54, 1.807) is 0 Å². The topological polar surface area (TPSA) is 38.7 Å². The van der Waals surface area contributed by atoms with E-state index in [1.165, 1.54) is 71.3 Å². The van der Waals surface area contributed by atoms with Gasteiger partial charge < -0.3 is 0 Å². The number of benzene rings is 8. The molecule has 3 aliphatic rings. The standard InChI is InChI=1S/C59H41N3/c1-3-4-19-50-49-22-11-14-25-54(49)59(52-23-12-9-20-47(52)48-21-10-13-24-53(48)59)55(50)51-36-42-28-31-45(35-46(42)32-37(51)2)58-61-56(43-29-26-38-15-5-7-17-40(38)33-43)60-57(62-58)44-30-27-39-16-6-8-18-41(39)34-44/h3-37H,1-2H3/b4-3-,50-19-,55-51-. The Labute approximate surface area is 361 Å². The average Bonchev–Trinajstić information content (AvgIpc) is 3.79. The molecule has 0 saturated carbocycles. The molecule has 8 aromatic carbocycles. The molecule has 0 saturated heterocycles. The Morgan fingerprint density at radius 3 is 1.50 bits per heavy atom. The Balaban J connectivity index is 1.06. The van der Waals surface area contributed by atoms with Gasteiger partial charge in [-0.15, -0.1) is 0 Å². The summed E-state index contributed by atoms with van der Waals surface area (Å²) in [5, 5.41) is 7.03. The van der Waals surface area contributed by atoms with Crippen LogP contribution in [0.3, 0.4) is 0 Å². The minimum atomic E-state index is -0.453. The highest BCUT2D eigenvalue weighted by atomic mass is 15.0. The van der Waals surface area contributed by atoms with Crippen LogP contribution in [0, 0.1) is 5.92 Å². The van der Waals surface area contributed by atoms with Crippen LogP contribution in [0.25, 0.3) is 84.6 Å². The second kappa shape index (κ2) is 14.2. The van der Waals surface area contributed by atoms with Crippen molar-refractivity contribution in [2.45, 2.75) is 19.3 Å². The van der Waals surface area contributed by atoms with E-state index >= 15 is 0 Å². The first kappa shape index (κ1) is 36.1. The number of allylic oxidation sites excluding steroid dienone is 6. The third-order valence-corrected chi connectivity index (χ3v) is 13.2. The number of hydrogen-bond donors (Lipinski definition) is 0. The van der Waals surface area contributed by atoms with Gasteiger partial charge in [0.15, 0.2) is 17.5 Å². The lowest BCUT2D eigenvalue weighted by Gasteiger charge is -2.34. The molecular formula is C59H41N3. The molecule has 3 heteroatoms. The van der Waals surface area contributed by atoms with E-state index in [0.29, 0.717) is 17.5 Å². The van der Waals surface area contributed by atoms with Crippen molar-refractivity contribution < 1.29 is 0 Å². The van der Waals surface area contributed by atoms with Crippen molar-refractivity contribution in [3.63, 3.8) is 0 Å². The molecule has 62 heavy (non-hydrogen) atoms. The summed E-state index contributed by atoms with van der Waals surface area (Å²) in [6.07, 6.45) is 11.6. The molecule has 1 atom stereocenters. The summed E-state index contributed by atoms with van der Waals surface area (Å²) in [4.78, 5) is 15.5. The van der Waals surface area contributed by atoms with Gasteiger partial charge in [-0.2, -0.15) is 0 Å². The summed E-state index contributed by atoms with van der Waals surface area (Å²) in [5.74, 6) is 2.08. The van der Waals surface area contributed by atoms with Crippen molar-refractivity contribution in [3.05, 3.63) is 238 Å². The van der Waals surface area contributed by atoms with Gasteiger partial charge >= 0.3 is 0 Å². The first-order chi connectivity index (χ1) is 30.6. The van der Waals surface area contributed by atoms with Crippen LogP contribution in [0.1, 0.15) is 36.1 Å². The largest absolute Gasteiger partial charge is 0.208 e. The van der Waals surface area contributed by atoms with Crippen LogP contribution in [-0.4, -0.2) is 15.0 Å². The zero-order chi connectivity index (χ0) is 41.4. The second-order valence-corrected chi connectivity index (χ2v) is 16.7. The molecule has 0 aliphatic heterocycles. The molecule has 12 rings (SSSR count). The molecule has 0 fully saturated rings. The molecule has 0 bridgehead atoms. The molecule has 1 aromatic heterocycles. The van der Waals surface area contributed by atoms with Crippen molar-refractivity contribution in [1.82, 2.24) is 15.0 Å². The fourth-order valence-electron chi connectivity index (χ4n) is 10.4. The van der Waals surface area contributed by atoms with E-state index in [-0.39, 0.29) is 5.92 Å². The Morgan fingerprint density at radius 2 is 0.935 bits per heavy atom. The molecule has 1 unspecified atom stereocenters. The summed E-state index contributed by atoms with van der Waals surface area (Å²) < 4.78 is 0. The van der Waals surface area contributed by atoms with Gasteiger partial charge in [-0.05, 0) is 107 Å². The molecule has 9 aromatic rings. The van der Waals surface area contributed by atoms with Crippen LogP contribution < -0.4 is 10.4 Å². The van der Waals surface area contributed by atoms with E-state index < -0.39 is 5.41 Å². The lowest BCUT2D eigenvalue weighted by Crippen LogP contribution is -2.32. The maximum atomic E-state index is 5.20. The minimum Gasteiger partial charge on any atom is -0.208 e. The van der Waals surface area contributed by atoms with Gasteiger partial charge in [-0.1, -0.05) is 195 Å². The molecule has 0 radical (unpaired) electrons. The SMILES string of the molecule is C\C=C/C=C1\C(=C2/C=c3ccc(-c4nc(-c5ccc6ccccc6c5)nc(-c5ccc6ccccc6c5)n4)cc3=CC2C)C2(c3ccccc31)c1ccccc1-c1ccccc12. The molecular weight excluding hydrogens is 751 g/mol. The minimum absolute atomic E-state index is 0.118. The Hall–Kier alpha value is -7.75. The number of aromatic nitrogens is 3. The van der Waals surface area contributed by atoms with Gasteiger partial charge in [0.25, 0.3) is 0 Å². The van der Waals surface area contributed by atoms with Crippen molar-refractivity contribution in [1.29, 1.82) is 0 Å². The van der Waals surface area contributed by atoms with Gasteiger partial charge in [0.1, 0.15) is 0 Å². The molecule has 3 aliphatic carbocycles. The quantitative estimate of drug-likeness (QED) is 0.178. The highest BCUT2D eigenvalue weighted by molar-refractivity contribution is 6.02. The van der Waals surface area contributed by atoms with Crippen molar-refractivity contribution in [3.8, 4) is 45.3 Å². The zero-order valence-corrected chi connectivity index (χ0v) is 34.5. The van der Waals surface area contributed by atoms with E-state index in [2.05, 4.69) is 220 Å². The van der Waals surface area contributed by atoms with Gasteiger partial charge in [0.05, 0.1) is 5.41 Å². The van der Waals surface area contributed by atoms with Gasteiger partial charge in [0.2, 0.25) is 0 Å². The van der Waals surface area contributed by atoms with E-state index in [0.717, 1.165) is 27.5 Å². The Morgan fingerprint density at radius 1 is 0.468 bits per heavy atom. The number of nitrogens with zero attached hydrogens (tertiary/aromatic N) is 3. The first-order valence-corrected chi connectivity index (χ1v) is 21.5. The van der Waals surface area contributed by atoms with E-state index in [1.807, 2.05) is 0 Å². The van der Waals surface area contributed by atoms with Gasteiger partial charge in [0, 0.05) is 22.6 Å². The van der Waals surface area contributed by atoms with Crippen LogP contribution in [-0.2, 0) is 5.41 Å². The van der Waals surface area contributed by atoms with E-state index in [4.69, 9.17) is 15.0 Å². The van der Waals surface area contributed by atoms with E-state index in [9.17, 15) is 0 Å². The monoisotopic (exact) mass is 791 g/mol. The van der Waals surface area contributed by atoms with Gasteiger partial charge in [-0.3, -0.25) is 0 Å². The first-order valence-electron chi connectivity index (χ1n) is 21.5. The van der Waals surface area contributed by atoms with Crippen LogP contribution in [0.5, 0.6) is 0 Å². The molecule has 1 spiro atoms. The van der Waals surface area contributed by atoms with Gasteiger partial charge in [-0.25, -0.2) is 15.0 Å². The lowest BCUT2D eigenvalue weighted by atomic mass is 9.67. The number of fused-ring (bicyclic) bond motifs is 10. The number of hydrogen-bond acceptors (Lipinski definition) is 3. The summed E-state index contributed by atoms with van der Waals surface area (Å²) in [6.45, 7) is 4.45. The Kier molecular flexibility index (Phi) is 8.26. The summed E-state index contributed by atoms with van der Waals surface area (Å²) >= 11 is 0. The zero-order valence-electron chi connectivity index (χ0n) is 34.5. The average molecular weight is 792 g/mol. The third kappa shape index (κ3) is 5.48. The fourth-order valence-corrected chi connectivity index (χ4v) is 10.4. The number of rotatable bonds is 4. The smallest absolute Gasteiger partial charge is 0.164 e. The summed E-state index contributed by atoms with van der Waals surface area (Å²) in [7, 11) is 0. The molecule has 3 nitrogen and oxygen atoms in total. The predicted octanol–water partition coefficient (Wildman–Crippen LogP) is 12.7. The van der Waals surface area contributed by atoms with Crippen molar-refractivity contribution in [2.75, 3.05) is 0 Å².